The van der Waals surface area contributed by atoms with Crippen molar-refractivity contribution in [2.45, 2.75) is 58.2 Å². The number of carbonyl (C=O) groups is 1. The van der Waals surface area contributed by atoms with Crippen molar-refractivity contribution in [3.8, 4) is 0 Å². The molecule has 0 amide bonds. The van der Waals surface area contributed by atoms with Gasteiger partial charge in [0.05, 0.1) is 17.7 Å². The van der Waals surface area contributed by atoms with Gasteiger partial charge in [-0.2, -0.15) is 0 Å². The molecule has 1 unspecified atom stereocenters. The summed E-state index contributed by atoms with van der Waals surface area (Å²) in [4.78, 5) is 11.8. The van der Waals surface area contributed by atoms with Gasteiger partial charge in [0.15, 0.2) is 0 Å². The minimum absolute atomic E-state index is 0.230. The molecule has 0 fully saturated rings. The average molecular weight is 267 g/mol. The average Bonchev–Trinajstić information content (AvgIpc) is 2.49. The largest absolute Gasteiger partial charge is 0.465 e. The van der Waals surface area contributed by atoms with Crippen LogP contribution >= 0.6 is 0 Å². The number of nitrogens with zero attached hydrogens (tertiary/aromatic N) is 1. The molecule has 19 heavy (non-hydrogen) atoms. The molecule has 2 aliphatic heterocycles. The van der Waals surface area contributed by atoms with E-state index in [4.69, 9.17) is 4.74 Å². The number of hydroxylamine groups is 2. The lowest BCUT2D eigenvalue weighted by molar-refractivity contribution is -0.240. The molecule has 5 heteroatoms. The fourth-order valence-corrected chi connectivity index (χ4v) is 3.29. The van der Waals surface area contributed by atoms with Crippen LogP contribution in [0.1, 0.15) is 41.0 Å². The molecule has 0 aromatic carbocycles. The zero-order valence-corrected chi connectivity index (χ0v) is 12.4. The first kappa shape index (κ1) is 14.5. The minimum atomic E-state index is -0.550. The van der Waals surface area contributed by atoms with Gasteiger partial charge in [-0.1, -0.05) is 0 Å². The molecular weight excluding hydrogens is 244 g/mol. The molecule has 5 nitrogen and oxygen atoms in total. The van der Waals surface area contributed by atoms with E-state index in [1.165, 1.54) is 0 Å². The highest BCUT2D eigenvalue weighted by atomic mass is 16.5. The Hall–Kier alpha value is -0.910. The maximum absolute atomic E-state index is 12.4. The third-order valence-corrected chi connectivity index (χ3v) is 4.36. The van der Waals surface area contributed by atoms with E-state index in [-0.39, 0.29) is 12.0 Å². The van der Waals surface area contributed by atoms with E-state index >= 15 is 0 Å². The van der Waals surface area contributed by atoms with Crippen LogP contribution in [0.2, 0.25) is 0 Å². The lowest BCUT2D eigenvalue weighted by atomic mass is 9.83. The van der Waals surface area contributed by atoms with Crippen LogP contribution in [-0.4, -0.2) is 41.3 Å². The molecule has 2 aliphatic rings. The second kappa shape index (κ2) is 4.58. The molecule has 0 spiro atoms. The van der Waals surface area contributed by atoms with E-state index in [1.807, 2.05) is 27.7 Å². The Kier molecular flexibility index (Phi) is 3.49. The Morgan fingerprint density at radius 1 is 1.32 bits per heavy atom. The van der Waals surface area contributed by atoms with Gasteiger partial charge in [0.1, 0.15) is 6.04 Å². The van der Waals surface area contributed by atoms with Crippen molar-refractivity contribution >= 4 is 5.97 Å². The second-order valence-electron chi connectivity index (χ2n) is 6.26. The zero-order chi connectivity index (χ0) is 14.4. The molecule has 2 rings (SSSR count). The third kappa shape index (κ3) is 2.10. The summed E-state index contributed by atoms with van der Waals surface area (Å²) >= 11 is 0. The summed E-state index contributed by atoms with van der Waals surface area (Å²) < 4.78 is 5.06. The molecular formula is C14H23N2O3. The van der Waals surface area contributed by atoms with Gasteiger partial charge in [-0.3, -0.25) is 4.79 Å². The first-order valence-electron chi connectivity index (χ1n) is 6.83. The number of hydrogen-bond donors (Lipinski definition) is 1. The SMILES string of the molecule is CCOC(=O)C1CC2=C(CN1)C(C)(C)N([O])C2(C)C. The van der Waals surface area contributed by atoms with Gasteiger partial charge in [-0.05, 0) is 52.2 Å². The highest BCUT2D eigenvalue weighted by Crippen LogP contribution is 2.46. The van der Waals surface area contributed by atoms with Crippen LogP contribution in [0.15, 0.2) is 11.1 Å². The Morgan fingerprint density at radius 2 is 1.89 bits per heavy atom. The van der Waals surface area contributed by atoms with E-state index in [0.717, 1.165) is 16.2 Å². The second-order valence-corrected chi connectivity index (χ2v) is 6.26. The van der Waals surface area contributed by atoms with E-state index in [2.05, 4.69) is 5.32 Å². The van der Waals surface area contributed by atoms with Gasteiger partial charge in [-0.15, -0.1) is 10.3 Å². The minimum Gasteiger partial charge on any atom is -0.465 e. The van der Waals surface area contributed by atoms with Crippen molar-refractivity contribution in [1.82, 2.24) is 10.4 Å². The summed E-state index contributed by atoms with van der Waals surface area (Å²) in [6, 6.07) is -0.333. The molecule has 2 heterocycles. The molecule has 0 saturated heterocycles. The number of esters is 1. The van der Waals surface area contributed by atoms with Crippen LogP contribution in [0.3, 0.4) is 0 Å². The molecule has 0 aromatic heterocycles. The number of nitrogens with one attached hydrogen (secondary N) is 1. The summed E-state index contributed by atoms with van der Waals surface area (Å²) in [5, 5.41) is 16.8. The summed E-state index contributed by atoms with van der Waals surface area (Å²) in [6.07, 6.45) is 0.559. The number of rotatable bonds is 2. The van der Waals surface area contributed by atoms with Crippen molar-refractivity contribution in [3.63, 3.8) is 0 Å². The van der Waals surface area contributed by atoms with Crippen LogP contribution in [0, 0.1) is 0 Å². The molecule has 0 aromatic rings. The predicted octanol–water partition coefficient (Wildman–Crippen LogP) is 1.43. The fourth-order valence-electron chi connectivity index (χ4n) is 3.29. The fraction of sp³-hybridized carbons (Fsp3) is 0.786. The standard InChI is InChI=1S/C14H23N2O3/c1-6-19-12(17)11-7-9-10(8-15-11)14(4,5)16(18)13(9,2)3/h11,15H,6-8H2,1-5H3. The monoisotopic (exact) mass is 267 g/mol. The zero-order valence-electron chi connectivity index (χ0n) is 12.4. The lowest BCUT2D eigenvalue weighted by Gasteiger charge is -2.34. The van der Waals surface area contributed by atoms with Gasteiger partial charge in [0.25, 0.3) is 0 Å². The smallest absolute Gasteiger partial charge is 0.323 e. The van der Waals surface area contributed by atoms with Gasteiger partial charge in [0, 0.05) is 6.54 Å². The Morgan fingerprint density at radius 3 is 2.47 bits per heavy atom. The maximum Gasteiger partial charge on any atom is 0.323 e. The van der Waals surface area contributed by atoms with E-state index in [9.17, 15) is 10.0 Å². The van der Waals surface area contributed by atoms with Gasteiger partial charge in [-0.25, -0.2) is 0 Å². The van der Waals surface area contributed by atoms with Crippen molar-refractivity contribution in [1.29, 1.82) is 0 Å². The van der Waals surface area contributed by atoms with Crippen LogP contribution in [0.5, 0.6) is 0 Å². The highest BCUT2D eigenvalue weighted by Gasteiger charge is 2.53. The van der Waals surface area contributed by atoms with Gasteiger partial charge < -0.3 is 10.1 Å². The first-order chi connectivity index (χ1) is 8.72. The number of ether oxygens (including phenoxy) is 1. The van der Waals surface area contributed by atoms with E-state index < -0.39 is 11.1 Å². The quantitative estimate of drug-likeness (QED) is 0.607. The maximum atomic E-state index is 12.4. The van der Waals surface area contributed by atoms with Crippen LogP contribution < -0.4 is 5.32 Å². The topological polar surface area (TPSA) is 61.5 Å². The van der Waals surface area contributed by atoms with E-state index in [1.54, 1.807) is 6.92 Å². The lowest BCUT2D eigenvalue weighted by Crippen LogP contribution is -2.47. The van der Waals surface area contributed by atoms with Crippen LogP contribution in [-0.2, 0) is 14.7 Å². The molecule has 0 bridgehead atoms. The van der Waals surface area contributed by atoms with E-state index in [0.29, 0.717) is 19.6 Å². The molecule has 0 aliphatic carbocycles. The molecule has 1 N–H and O–H groups in total. The first-order valence-corrected chi connectivity index (χ1v) is 6.83. The van der Waals surface area contributed by atoms with Crippen LogP contribution in [0.25, 0.3) is 0 Å². The highest BCUT2D eigenvalue weighted by molar-refractivity contribution is 5.77. The Labute approximate surface area is 114 Å². The van der Waals surface area contributed by atoms with Crippen molar-refractivity contribution < 1.29 is 14.7 Å². The molecule has 1 atom stereocenters. The van der Waals surface area contributed by atoms with Crippen LogP contribution in [0.4, 0.5) is 0 Å². The summed E-state index contributed by atoms with van der Waals surface area (Å²) in [5.74, 6) is -0.230. The summed E-state index contributed by atoms with van der Waals surface area (Å²) in [6.45, 7) is 10.5. The van der Waals surface area contributed by atoms with Crippen molar-refractivity contribution in [3.05, 3.63) is 11.1 Å². The third-order valence-electron chi connectivity index (χ3n) is 4.36. The predicted molar refractivity (Wildman–Crippen MR) is 70.8 cm³/mol. The van der Waals surface area contributed by atoms with Crippen molar-refractivity contribution in [2.75, 3.05) is 13.2 Å². The molecule has 107 valence electrons. The van der Waals surface area contributed by atoms with Gasteiger partial charge >= 0.3 is 5.97 Å². The summed E-state index contributed by atoms with van der Waals surface area (Å²) in [7, 11) is 0. The molecule has 0 saturated carbocycles. The molecule has 1 radical (unpaired) electrons. The van der Waals surface area contributed by atoms with Crippen molar-refractivity contribution in [2.24, 2.45) is 0 Å². The number of hydrogen-bond acceptors (Lipinski definition) is 4. The Balaban J connectivity index is 2.28. The normalized spacial score (nSPS) is 29.3. The number of carbonyl (C=O) groups excluding carboxylic acids is 1. The van der Waals surface area contributed by atoms with Gasteiger partial charge in [0.2, 0.25) is 0 Å². The Bertz CT molecular complexity index is 426. The summed E-state index contributed by atoms with van der Waals surface area (Å²) in [5.41, 5.74) is 1.15.